The van der Waals surface area contributed by atoms with Gasteiger partial charge in [0.05, 0.1) is 5.69 Å². The largest absolute Gasteiger partial charge is 0.255 e. The summed E-state index contributed by atoms with van der Waals surface area (Å²) in [5, 5.41) is 7.88. The molecule has 3 saturated carbocycles. The molecule has 3 fully saturated rings. The molecule has 3 nitrogen and oxygen atoms in total. The molecule has 1 aromatic rings. The Bertz CT molecular complexity index is 324. The summed E-state index contributed by atoms with van der Waals surface area (Å²) in [5.74, 6) is 0. The van der Waals surface area contributed by atoms with Gasteiger partial charge in [0.15, 0.2) is 0 Å². The average Bonchev–Trinajstić information content (AvgIpc) is 2.26. The molecule has 0 radical (unpaired) electrons. The summed E-state index contributed by atoms with van der Waals surface area (Å²) in [7, 11) is 1.84. The second-order valence-electron chi connectivity index (χ2n) is 4.24. The SMILES string of the molecule is Cn1cc(C23CC(F)(C2)C3)nn1. The molecule has 64 valence electrons. The normalized spacial score (nSPS) is 43.5. The highest BCUT2D eigenvalue weighted by Gasteiger charge is 2.70. The van der Waals surface area contributed by atoms with E-state index in [4.69, 9.17) is 0 Å². The lowest BCUT2D eigenvalue weighted by Gasteiger charge is -2.64. The zero-order chi connectivity index (χ0) is 8.40. The predicted octanol–water partition coefficient (Wildman–Crippen LogP) is 0.959. The van der Waals surface area contributed by atoms with Gasteiger partial charge in [-0.3, -0.25) is 4.68 Å². The van der Waals surface area contributed by atoms with E-state index in [1.54, 1.807) is 4.68 Å². The molecule has 2 bridgehead atoms. The van der Waals surface area contributed by atoms with Gasteiger partial charge in [0.1, 0.15) is 5.67 Å². The number of nitrogens with zero attached hydrogens (tertiary/aromatic N) is 3. The molecule has 0 atom stereocenters. The molecule has 12 heavy (non-hydrogen) atoms. The molecule has 0 spiro atoms. The Morgan fingerprint density at radius 3 is 2.58 bits per heavy atom. The molecular weight excluding hydrogens is 157 g/mol. The van der Waals surface area contributed by atoms with Crippen molar-refractivity contribution in [1.82, 2.24) is 15.0 Å². The van der Waals surface area contributed by atoms with Crippen LogP contribution in [0.2, 0.25) is 0 Å². The summed E-state index contributed by atoms with van der Waals surface area (Å²) in [6, 6.07) is 0. The first-order valence-electron chi connectivity index (χ1n) is 4.18. The number of alkyl halides is 1. The van der Waals surface area contributed by atoms with Crippen LogP contribution in [0.1, 0.15) is 25.0 Å². The topological polar surface area (TPSA) is 30.7 Å². The molecule has 3 aliphatic carbocycles. The molecule has 0 unspecified atom stereocenters. The first-order valence-corrected chi connectivity index (χ1v) is 4.18. The van der Waals surface area contributed by atoms with Gasteiger partial charge in [-0.05, 0) is 19.3 Å². The summed E-state index contributed by atoms with van der Waals surface area (Å²) in [6.45, 7) is 0. The van der Waals surface area contributed by atoms with Gasteiger partial charge in [-0.2, -0.15) is 0 Å². The number of rotatable bonds is 1. The van der Waals surface area contributed by atoms with E-state index in [9.17, 15) is 4.39 Å². The lowest BCUT2D eigenvalue weighted by atomic mass is 9.41. The summed E-state index contributed by atoms with van der Waals surface area (Å²) in [4.78, 5) is 0. The van der Waals surface area contributed by atoms with Crippen molar-refractivity contribution in [3.05, 3.63) is 11.9 Å². The van der Waals surface area contributed by atoms with Gasteiger partial charge < -0.3 is 0 Å². The van der Waals surface area contributed by atoms with Crippen molar-refractivity contribution in [3.8, 4) is 0 Å². The summed E-state index contributed by atoms with van der Waals surface area (Å²) < 4.78 is 14.8. The molecule has 0 N–H and O–H groups in total. The third-order valence-electron chi connectivity index (χ3n) is 3.11. The smallest absolute Gasteiger partial charge is 0.113 e. The van der Waals surface area contributed by atoms with E-state index in [0.29, 0.717) is 19.3 Å². The first kappa shape index (κ1) is 6.57. The van der Waals surface area contributed by atoms with Gasteiger partial charge >= 0.3 is 0 Å². The van der Waals surface area contributed by atoms with Crippen LogP contribution < -0.4 is 0 Å². The van der Waals surface area contributed by atoms with Gasteiger partial charge in [-0.1, -0.05) is 5.21 Å². The summed E-state index contributed by atoms with van der Waals surface area (Å²) in [6.07, 6.45) is 3.90. The van der Waals surface area contributed by atoms with Crippen LogP contribution in [0, 0.1) is 0 Å². The molecule has 1 aromatic heterocycles. The van der Waals surface area contributed by atoms with Crippen molar-refractivity contribution >= 4 is 0 Å². The van der Waals surface area contributed by atoms with Crippen LogP contribution in [0.25, 0.3) is 0 Å². The third-order valence-corrected chi connectivity index (χ3v) is 3.11. The Hall–Kier alpha value is -0.930. The minimum Gasteiger partial charge on any atom is -0.255 e. The summed E-state index contributed by atoms with van der Waals surface area (Å²) in [5.41, 5.74) is 0.213. The van der Waals surface area contributed by atoms with E-state index in [1.165, 1.54) is 0 Å². The van der Waals surface area contributed by atoms with E-state index in [2.05, 4.69) is 10.3 Å². The second kappa shape index (κ2) is 1.56. The van der Waals surface area contributed by atoms with Gasteiger partial charge in [0.25, 0.3) is 0 Å². The highest BCUT2D eigenvalue weighted by molar-refractivity contribution is 5.34. The van der Waals surface area contributed by atoms with Crippen LogP contribution in [-0.4, -0.2) is 20.7 Å². The molecule has 0 amide bonds. The Balaban J connectivity index is 1.93. The molecule has 0 aliphatic heterocycles. The van der Waals surface area contributed by atoms with Gasteiger partial charge in [-0.25, -0.2) is 4.39 Å². The highest BCUT2D eigenvalue weighted by atomic mass is 19.1. The molecule has 4 rings (SSSR count). The van der Waals surface area contributed by atoms with E-state index in [-0.39, 0.29) is 5.41 Å². The maximum Gasteiger partial charge on any atom is 0.113 e. The number of aromatic nitrogens is 3. The van der Waals surface area contributed by atoms with Crippen molar-refractivity contribution in [2.45, 2.75) is 30.3 Å². The Labute approximate surface area is 69.6 Å². The van der Waals surface area contributed by atoms with Crippen LogP contribution in [-0.2, 0) is 12.5 Å². The van der Waals surface area contributed by atoms with Crippen molar-refractivity contribution < 1.29 is 4.39 Å². The van der Waals surface area contributed by atoms with Crippen LogP contribution in [0.5, 0.6) is 0 Å². The van der Waals surface area contributed by atoms with Crippen molar-refractivity contribution in [1.29, 1.82) is 0 Å². The van der Waals surface area contributed by atoms with Gasteiger partial charge in [-0.15, -0.1) is 5.10 Å². The zero-order valence-electron chi connectivity index (χ0n) is 6.92. The van der Waals surface area contributed by atoms with Gasteiger partial charge in [0, 0.05) is 18.7 Å². The van der Waals surface area contributed by atoms with Crippen LogP contribution in [0.15, 0.2) is 6.20 Å². The molecular formula is C8H10FN3. The van der Waals surface area contributed by atoms with Gasteiger partial charge in [0.2, 0.25) is 0 Å². The van der Waals surface area contributed by atoms with Crippen LogP contribution >= 0.6 is 0 Å². The maximum absolute atomic E-state index is 13.2. The minimum absolute atomic E-state index is 0.0724. The molecule has 1 heterocycles. The Kier molecular flexibility index (Phi) is 0.852. The third kappa shape index (κ3) is 0.574. The maximum atomic E-state index is 13.2. The van der Waals surface area contributed by atoms with Crippen LogP contribution in [0.4, 0.5) is 4.39 Å². The van der Waals surface area contributed by atoms with E-state index < -0.39 is 5.67 Å². The molecule has 0 saturated heterocycles. The molecule has 3 aliphatic rings. The molecule has 0 aromatic carbocycles. The number of halogens is 1. The van der Waals surface area contributed by atoms with E-state index in [0.717, 1.165) is 5.69 Å². The average molecular weight is 167 g/mol. The van der Waals surface area contributed by atoms with Crippen molar-refractivity contribution in [2.24, 2.45) is 7.05 Å². The molecule has 4 heteroatoms. The number of aryl methyl sites for hydroxylation is 1. The second-order valence-corrected chi connectivity index (χ2v) is 4.24. The fraction of sp³-hybridized carbons (Fsp3) is 0.750. The van der Waals surface area contributed by atoms with E-state index >= 15 is 0 Å². The zero-order valence-corrected chi connectivity index (χ0v) is 6.92. The Morgan fingerprint density at radius 2 is 2.17 bits per heavy atom. The quantitative estimate of drug-likeness (QED) is 0.623. The highest BCUT2D eigenvalue weighted by Crippen LogP contribution is 2.69. The van der Waals surface area contributed by atoms with Crippen LogP contribution in [0.3, 0.4) is 0 Å². The Morgan fingerprint density at radius 1 is 1.50 bits per heavy atom. The monoisotopic (exact) mass is 167 g/mol. The van der Waals surface area contributed by atoms with Crippen molar-refractivity contribution in [3.63, 3.8) is 0 Å². The lowest BCUT2D eigenvalue weighted by molar-refractivity contribution is -0.160. The number of hydrogen-bond donors (Lipinski definition) is 0. The standard InChI is InChI=1S/C8H10FN3/c1-12-2-6(10-11-12)7-3-8(9,4-7)5-7/h2H,3-5H2,1H3. The predicted molar refractivity (Wildman–Crippen MR) is 40.4 cm³/mol. The lowest BCUT2D eigenvalue weighted by Crippen LogP contribution is -2.67. The minimum atomic E-state index is -0.836. The summed E-state index contributed by atoms with van der Waals surface area (Å²) >= 11 is 0. The first-order chi connectivity index (χ1) is 5.62. The fourth-order valence-corrected chi connectivity index (χ4v) is 2.53. The fourth-order valence-electron chi connectivity index (χ4n) is 2.53. The number of hydrogen-bond acceptors (Lipinski definition) is 2. The van der Waals surface area contributed by atoms with Crippen molar-refractivity contribution in [2.75, 3.05) is 0 Å². The van der Waals surface area contributed by atoms with E-state index in [1.807, 2.05) is 13.2 Å².